The molecule has 1 aromatic heterocycles. The average Bonchev–Trinajstić information content (AvgIpc) is 3.50. The average molecular weight is 389 g/mol. The van der Waals surface area contributed by atoms with Crippen LogP contribution in [0.4, 0.5) is 0 Å². The molecule has 0 spiro atoms. The van der Waals surface area contributed by atoms with E-state index in [0.29, 0.717) is 29.9 Å². The monoisotopic (exact) mass is 388 g/mol. The highest BCUT2D eigenvalue weighted by Gasteiger charge is 2.29. The van der Waals surface area contributed by atoms with Gasteiger partial charge in [-0.05, 0) is 45.9 Å². The van der Waals surface area contributed by atoms with Gasteiger partial charge in [-0.3, -0.25) is 9.69 Å². The van der Waals surface area contributed by atoms with Crippen molar-refractivity contribution in [3.05, 3.63) is 71.9 Å². The summed E-state index contributed by atoms with van der Waals surface area (Å²) in [6.07, 6.45) is 4.35. The van der Waals surface area contributed by atoms with Gasteiger partial charge in [0.15, 0.2) is 0 Å². The van der Waals surface area contributed by atoms with E-state index in [1.165, 1.54) is 18.4 Å². The second-order valence-electron chi connectivity index (χ2n) is 7.99. The number of amides is 1. The number of hydrogen-bond donors (Lipinski definition) is 1. The van der Waals surface area contributed by atoms with Gasteiger partial charge in [0.1, 0.15) is 5.69 Å². The van der Waals surface area contributed by atoms with Crippen LogP contribution in [0.3, 0.4) is 0 Å². The molecule has 1 atom stereocenters. The maximum atomic E-state index is 13.1. The third kappa shape index (κ3) is 4.40. The molecule has 2 aromatic carbocycles. The molecule has 0 aliphatic heterocycles. The molecule has 1 saturated carbocycles. The Hall–Kier alpha value is -2.92. The first-order chi connectivity index (χ1) is 14.0. The minimum Gasteiger partial charge on any atom is -0.350 e. The van der Waals surface area contributed by atoms with E-state index in [4.69, 9.17) is 5.10 Å². The van der Waals surface area contributed by atoms with Crippen LogP contribution in [0.15, 0.2) is 60.8 Å². The van der Waals surface area contributed by atoms with Crippen LogP contribution in [0.25, 0.3) is 16.9 Å². The highest BCUT2D eigenvalue weighted by Crippen LogP contribution is 2.27. The van der Waals surface area contributed by atoms with Crippen molar-refractivity contribution >= 4 is 5.91 Å². The second-order valence-corrected chi connectivity index (χ2v) is 7.99. The van der Waals surface area contributed by atoms with Crippen molar-refractivity contribution in [3.63, 3.8) is 0 Å². The summed E-state index contributed by atoms with van der Waals surface area (Å²) in [4.78, 5) is 15.4. The predicted octanol–water partition coefficient (Wildman–Crippen LogP) is 4.06. The van der Waals surface area contributed by atoms with Gasteiger partial charge in [-0.1, -0.05) is 48.0 Å². The van der Waals surface area contributed by atoms with Gasteiger partial charge >= 0.3 is 0 Å². The molecule has 5 nitrogen and oxygen atoms in total. The van der Waals surface area contributed by atoms with Crippen LogP contribution in [-0.2, 0) is 0 Å². The van der Waals surface area contributed by atoms with Gasteiger partial charge in [0.05, 0.1) is 11.3 Å². The summed E-state index contributed by atoms with van der Waals surface area (Å²) in [7, 11) is 2.14. The lowest BCUT2D eigenvalue weighted by molar-refractivity contribution is 0.0940. The van der Waals surface area contributed by atoms with E-state index in [1.807, 2.05) is 60.8 Å². The predicted molar refractivity (Wildman–Crippen MR) is 116 cm³/mol. The third-order valence-corrected chi connectivity index (χ3v) is 5.68. The summed E-state index contributed by atoms with van der Waals surface area (Å²) in [6, 6.07) is 19.0. The number of hydrogen-bond acceptors (Lipinski definition) is 3. The van der Waals surface area contributed by atoms with E-state index in [0.717, 1.165) is 11.3 Å². The minimum atomic E-state index is -0.0849. The number of rotatable bonds is 7. The third-order valence-electron chi connectivity index (χ3n) is 5.68. The van der Waals surface area contributed by atoms with Crippen molar-refractivity contribution in [3.8, 4) is 16.9 Å². The van der Waals surface area contributed by atoms with Crippen molar-refractivity contribution in [1.82, 2.24) is 20.0 Å². The van der Waals surface area contributed by atoms with Gasteiger partial charge in [-0.15, -0.1) is 0 Å². The lowest BCUT2D eigenvalue weighted by Gasteiger charge is -2.24. The summed E-state index contributed by atoms with van der Waals surface area (Å²) in [5.41, 5.74) is 4.36. The number of aryl methyl sites for hydroxylation is 1. The number of likely N-dealkylation sites (N-methyl/N-ethyl adjacent to an activating group) is 1. The smallest absolute Gasteiger partial charge is 0.255 e. The molecule has 1 aliphatic carbocycles. The second kappa shape index (κ2) is 8.21. The Morgan fingerprint density at radius 3 is 2.52 bits per heavy atom. The van der Waals surface area contributed by atoms with Gasteiger partial charge in [0.25, 0.3) is 5.91 Å². The summed E-state index contributed by atoms with van der Waals surface area (Å²) in [5, 5.41) is 7.86. The minimum absolute atomic E-state index is 0.0849. The molecule has 0 radical (unpaired) electrons. The van der Waals surface area contributed by atoms with Gasteiger partial charge < -0.3 is 5.32 Å². The van der Waals surface area contributed by atoms with Crippen LogP contribution in [-0.4, -0.2) is 46.3 Å². The highest BCUT2D eigenvalue weighted by atomic mass is 16.1. The standard InChI is InChI=1S/C24H28N4O/c1-17-9-11-21(12-10-17)28-16-22(23(26-28)19-7-5-4-6-8-19)24(29)25-15-18(2)27(3)20-13-14-20/h4-12,16,18,20H,13-15H2,1-3H3,(H,25,29). The van der Waals surface area contributed by atoms with Crippen LogP contribution in [0.2, 0.25) is 0 Å². The fourth-order valence-electron chi connectivity index (χ4n) is 3.50. The molecular formula is C24H28N4O. The molecule has 150 valence electrons. The molecule has 1 amide bonds. The van der Waals surface area contributed by atoms with Crippen LogP contribution >= 0.6 is 0 Å². The molecule has 5 heteroatoms. The SMILES string of the molecule is Cc1ccc(-n2cc(C(=O)NCC(C)N(C)C3CC3)c(-c3ccccc3)n2)cc1. The summed E-state index contributed by atoms with van der Waals surface area (Å²) in [5.74, 6) is -0.0849. The lowest BCUT2D eigenvalue weighted by Crippen LogP contribution is -2.41. The van der Waals surface area contributed by atoms with Crippen LogP contribution < -0.4 is 5.32 Å². The first kappa shape index (κ1) is 19.4. The fraction of sp³-hybridized carbons (Fsp3) is 0.333. The molecule has 1 unspecified atom stereocenters. The first-order valence-electron chi connectivity index (χ1n) is 10.2. The van der Waals surface area contributed by atoms with Crippen molar-refractivity contribution in [1.29, 1.82) is 0 Å². The zero-order chi connectivity index (χ0) is 20.4. The van der Waals surface area contributed by atoms with Crippen LogP contribution in [0.5, 0.6) is 0 Å². The van der Waals surface area contributed by atoms with E-state index < -0.39 is 0 Å². The number of nitrogens with one attached hydrogen (secondary N) is 1. The van der Waals surface area contributed by atoms with Crippen molar-refractivity contribution in [2.45, 2.75) is 38.8 Å². The molecular weight excluding hydrogens is 360 g/mol. The van der Waals surface area contributed by atoms with Crippen molar-refractivity contribution in [2.75, 3.05) is 13.6 Å². The molecule has 3 aromatic rings. The molecule has 0 saturated heterocycles. The fourth-order valence-corrected chi connectivity index (χ4v) is 3.50. The molecule has 1 fully saturated rings. The summed E-state index contributed by atoms with van der Waals surface area (Å²) < 4.78 is 1.79. The quantitative estimate of drug-likeness (QED) is 0.664. The van der Waals surface area contributed by atoms with Gasteiger partial charge in [-0.25, -0.2) is 4.68 Å². The summed E-state index contributed by atoms with van der Waals surface area (Å²) >= 11 is 0. The number of carbonyl (C=O) groups is 1. The zero-order valence-corrected chi connectivity index (χ0v) is 17.3. The maximum absolute atomic E-state index is 13.1. The lowest BCUT2D eigenvalue weighted by atomic mass is 10.1. The number of nitrogens with zero attached hydrogens (tertiary/aromatic N) is 3. The number of aromatic nitrogens is 2. The van der Waals surface area contributed by atoms with Crippen molar-refractivity contribution < 1.29 is 4.79 Å². The van der Waals surface area contributed by atoms with E-state index in [1.54, 1.807) is 4.68 Å². The van der Waals surface area contributed by atoms with Gasteiger partial charge in [0.2, 0.25) is 0 Å². The van der Waals surface area contributed by atoms with Crippen LogP contribution in [0, 0.1) is 6.92 Å². The molecule has 0 bridgehead atoms. The Labute approximate surface area is 172 Å². The van der Waals surface area contributed by atoms with E-state index in [-0.39, 0.29) is 5.91 Å². The summed E-state index contributed by atoms with van der Waals surface area (Å²) in [6.45, 7) is 4.84. The Morgan fingerprint density at radius 1 is 1.17 bits per heavy atom. The largest absolute Gasteiger partial charge is 0.350 e. The van der Waals surface area contributed by atoms with Gasteiger partial charge in [0, 0.05) is 30.4 Å². The Bertz CT molecular complexity index is 974. The molecule has 29 heavy (non-hydrogen) atoms. The number of carbonyl (C=O) groups excluding carboxylic acids is 1. The molecule has 1 aliphatic rings. The topological polar surface area (TPSA) is 50.2 Å². The van der Waals surface area contributed by atoms with E-state index in [2.05, 4.69) is 31.1 Å². The van der Waals surface area contributed by atoms with E-state index >= 15 is 0 Å². The maximum Gasteiger partial charge on any atom is 0.255 e. The number of benzene rings is 2. The molecule has 1 N–H and O–H groups in total. The Kier molecular flexibility index (Phi) is 5.49. The first-order valence-corrected chi connectivity index (χ1v) is 10.2. The molecule has 4 rings (SSSR count). The van der Waals surface area contributed by atoms with Crippen LogP contribution in [0.1, 0.15) is 35.7 Å². The Morgan fingerprint density at radius 2 is 1.86 bits per heavy atom. The van der Waals surface area contributed by atoms with Crippen molar-refractivity contribution in [2.24, 2.45) is 0 Å². The molecule has 1 heterocycles. The zero-order valence-electron chi connectivity index (χ0n) is 17.3. The highest BCUT2D eigenvalue weighted by molar-refractivity contribution is 5.99. The normalized spacial score (nSPS) is 14.8. The van der Waals surface area contributed by atoms with Gasteiger partial charge in [-0.2, -0.15) is 5.10 Å². The Balaban J connectivity index is 1.60. The van der Waals surface area contributed by atoms with E-state index in [9.17, 15) is 4.79 Å².